The lowest BCUT2D eigenvalue weighted by Crippen LogP contribution is -1.88. The van der Waals surface area contributed by atoms with Crippen molar-refractivity contribution in [1.29, 1.82) is 0 Å². The molecule has 0 atom stereocenters. The molecule has 0 unspecified atom stereocenters. The Labute approximate surface area is 137 Å². The van der Waals surface area contributed by atoms with E-state index in [2.05, 4.69) is 19.9 Å². The van der Waals surface area contributed by atoms with Crippen LogP contribution < -0.4 is 0 Å². The maximum atomic E-state index is 4.47. The van der Waals surface area contributed by atoms with Crippen LogP contribution in [-0.2, 0) is 0 Å². The average molecular weight is 316 g/mol. The Morgan fingerprint density at radius 1 is 0.652 bits per heavy atom. The molecule has 0 bridgehead atoms. The number of pyridine rings is 1. The molecule has 0 N–H and O–H groups in total. The highest BCUT2D eigenvalue weighted by molar-refractivity contribution is 7.18. The van der Waals surface area contributed by atoms with Crippen molar-refractivity contribution < 1.29 is 0 Å². The molecular formula is C18H12N4S. The summed E-state index contributed by atoms with van der Waals surface area (Å²) in [7, 11) is 0. The second kappa shape index (κ2) is 6.06. The van der Waals surface area contributed by atoms with Crippen molar-refractivity contribution in [1.82, 2.24) is 19.9 Å². The predicted octanol–water partition coefficient (Wildman–Crippen LogP) is 4.33. The fraction of sp³-hybridized carbons (Fsp3) is 0. The molecule has 0 saturated carbocycles. The molecule has 1 aromatic carbocycles. The van der Waals surface area contributed by atoms with Gasteiger partial charge in [0.25, 0.3) is 0 Å². The van der Waals surface area contributed by atoms with E-state index in [4.69, 9.17) is 0 Å². The SMILES string of the molecule is c1ccc(-c2ncc(-c3cnc(-c4cccnc4)s3)cn2)cc1. The zero-order valence-corrected chi connectivity index (χ0v) is 12.9. The molecule has 0 amide bonds. The largest absolute Gasteiger partial charge is 0.264 e. The quantitative estimate of drug-likeness (QED) is 0.564. The summed E-state index contributed by atoms with van der Waals surface area (Å²) in [5, 5.41) is 0.945. The van der Waals surface area contributed by atoms with Crippen LogP contribution in [0.1, 0.15) is 0 Å². The molecule has 3 heterocycles. The van der Waals surface area contributed by atoms with Gasteiger partial charge in [-0.1, -0.05) is 30.3 Å². The minimum Gasteiger partial charge on any atom is -0.264 e. The zero-order valence-electron chi connectivity index (χ0n) is 12.1. The third-order valence-electron chi connectivity index (χ3n) is 3.38. The highest BCUT2D eigenvalue weighted by Gasteiger charge is 2.08. The van der Waals surface area contributed by atoms with Gasteiger partial charge >= 0.3 is 0 Å². The van der Waals surface area contributed by atoms with Crippen molar-refractivity contribution in [3.8, 4) is 32.4 Å². The van der Waals surface area contributed by atoms with Crippen LogP contribution in [0.4, 0.5) is 0 Å². The lowest BCUT2D eigenvalue weighted by molar-refractivity contribution is 1.18. The Kier molecular flexibility index (Phi) is 3.62. The van der Waals surface area contributed by atoms with Crippen molar-refractivity contribution in [2.75, 3.05) is 0 Å². The number of thiazole rings is 1. The first-order valence-electron chi connectivity index (χ1n) is 7.14. The third-order valence-corrected chi connectivity index (χ3v) is 4.48. The Bertz CT molecular complexity index is 903. The van der Waals surface area contributed by atoms with E-state index in [0.717, 1.165) is 32.4 Å². The minimum absolute atomic E-state index is 0.728. The first kappa shape index (κ1) is 13.7. The highest BCUT2D eigenvalue weighted by atomic mass is 32.1. The minimum atomic E-state index is 0.728. The molecule has 4 rings (SSSR count). The van der Waals surface area contributed by atoms with Gasteiger partial charge in [-0.25, -0.2) is 15.0 Å². The van der Waals surface area contributed by atoms with Gasteiger partial charge < -0.3 is 0 Å². The number of nitrogens with zero attached hydrogens (tertiary/aromatic N) is 4. The molecule has 0 aliphatic heterocycles. The lowest BCUT2D eigenvalue weighted by Gasteiger charge is -2.00. The first-order valence-corrected chi connectivity index (χ1v) is 7.96. The van der Waals surface area contributed by atoms with Crippen LogP contribution in [0.5, 0.6) is 0 Å². The summed E-state index contributed by atoms with van der Waals surface area (Å²) >= 11 is 1.61. The maximum absolute atomic E-state index is 4.47. The van der Waals surface area contributed by atoms with Crippen LogP contribution in [-0.4, -0.2) is 19.9 Å². The molecule has 0 radical (unpaired) electrons. The van der Waals surface area contributed by atoms with E-state index in [1.165, 1.54) is 0 Å². The lowest BCUT2D eigenvalue weighted by atomic mass is 10.2. The van der Waals surface area contributed by atoms with Crippen LogP contribution >= 0.6 is 11.3 Å². The van der Waals surface area contributed by atoms with Gasteiger partial charge in [-0.05, 0) is 12.1 Å². The summed E-state index contributed by atoms with van der Waals surface area (Å²) in [4.78, 5) is 18.6. The van der Waals surface area contributed by atoms with Crippen molar-refractivity contribution in [3.05, 3.63) is 73.4 Å². The summed E-state index contributed by atoms with van der Waals surface area (Å²) in [6.07, 6.45) is 9.12. The zero-order chi connectivity index (χ0) is 15.5. The number of benzene rings is 1. The van der Waals surface area contributed by atoms with E-state index in [1.807, 2.05) is 67.3 Å². The van der Waals surface area contributed by atoms with Crippen molar-refractivity contribution in [3.63, 3.8) is 0 Å². The van der Waals surface area contributed by atoms with Crippen LogP contribution in [0.25, 0.3) is 32.4 Å². The average Bonchev–Trinajstić information content (AvgIpc) is 3.14. The second-order valence-corrected chi connectivity index (χ2v) is 5.96. The van der Waals surface area contributed by atoms with Gasteiger partial charge in [0.05, 0.1) is 4.88 Å². The molecule has 3 aromatic heterocycles. The van der Waals surface area contributed by atoms with Crippen molar-refractivity contribution in [2.45, 2.75) is 0 Å². The van der Waals surface area contributed by atoms with Gasteiger partial charge in [-0.3, -0.25) is 4.98 Å². The molecule has 4 aromatic rings. The van der Waals surface area contributed by atoms with E-state index in [9.17, 15) is 0 Å². The summed E-state index contributed by atoms with van der Waals surface area (Å²) < 4.78 is 0. The molecule has 4 nitrogen and oxygen atoms in total. The normalized spacial score (nSPS) is 10.6. The summed E-state index contributed by atoms with van der Waals surface area (Å²) in [6.45, 7) is 0. The summed E-state index contributed by atoms with van der Waals surface area (Å²) in [5.74, 6) is 0.728. The predicted molar refractivity (Wildman–Crippen MR) is 91.8 cm³/mol. The topological polar surface area (TPSA) is 51.6 Å². The van der Waals surface area contributed by atoms with Gasteiger partial charge in [0, 0.05) is 47.7 Å². The van der Waals surface area contributed by atoms with Crippen LogP contribution in [0.3, 0.4) is 0 Å². The first-order chi connectivity index (χ1) is 11.4. The van der Waals surface area contributed by atoms with Crippen molar-refractivity contribution in [2.24, 2.45) is 0 Å². The molecule has 0 spiro atoms. The molecular weight excluding hydrogens is 304 g/mol. The summed E-state index contributed by atoms with van der Waals surface area (Å²) in [5.41, 5.74) is 3.00. The molecule has 0 fully saturated rings. The molecule has 110 valence electrons. The van der Waals surface area contributed by atoms with Gasteiger partial charge in [-0.15, -0.1) is 11.3 Å². The summed E-state index contributed by atoms with van der Waals surface area (Å²) in [6, 6.07) is 13.9. The van der Waals surface area contributed by atoms with Gasteiger partial charge in [0.2, 0.25) is 0 Å². The van der Waals surface area contributed by atoms with Gasteiger partial charge in [0.1, 0.15) is 5.01 Å². The van der Waals surface area contributed by atoms with Crippen LogP contribution in [0, 0.1) is 0 Å². The molecule has 5 heteroatoms. The number of hydrogen-bond donors (Lipinski definition) is 0. The highest BCUT2D eigenvalue weighted by Crippen LogP contribution is 2.31. The van der Waals surface area contributed by atoms with Crippen LogP contribution in [0.2, 0.25) is 0 Å². The Balaban J connectivity index is 1.63. The van der Waals surface area contributed by atoms with E-state index < -0.39 is 0 Å². The Morgan fingerprint density at radius 3 is 2.17 bits per heavy atom. The third kappa shape index (κ3) is 2.86. The molecule has 23 heavy (non-hydrogen) atoms. The standard InChI is InChI=1S/C18H12N4S/c1-2-5-13(6-3-1)17-20-10-15(11-21-17)16-12-22-18(23-16)14-7-4-8-19-9-14/h1-12H. The number of rotatable bonds is 3. The van der Waals surface area contributed by atoms with Crippen molar-refractivity contribution >= 4 is 11.3 Å². The molecule has 0 aliphatic rings. The van der Waals surface area contributed by atoms with E-state index in [1.54, 1.807) is 17.5 Å². The van der Waals surface area contributed by atoms with E-state index in [-0.39, 0.29) is 0 Å². The fourth-order valence-corrected chi connectivity index (χ4v) is 3.10. The van der Waals surface area contributed by atoms with E-state index in [0.29, 0.717) is 0 Å². The number of hydrogen-bond acceptors (Lipinski definition) is 5. The smallest absolute Gasteiger partial charge is 0.159 e. The Hall–Kier alpha value is -2.92. The number of aromatic nitrogens is 4. The van der Waals surface area contributed by atoms with E-state index >= 15 is 0 Å². The second-order valence-electron chi connectivity index (χ2n) is 4.93. The Morgan fingerprint density at radius 2 is 1.43 bits per heavy atom. The monoisotopic (exact) mass is 316 g/mol. The molecule has 0 aliphatic carbocycles. The van der Waals surface area contributed by atoms with Gasteiger partial charge in [0.15, 0.2) is 5.82 Å². The fourth-order valence-electron chi connectivity index (χ4n) is 2.22. The molecule has 0 saturated heterocycles. The van der Waals surface area contributed by atoms with Gasteiger partial charge in [-0.2, -0.15) is 0 Å². The maximum Gasteiger partial charge on any atom is 0.159 e. The van der Waals surface area contributed by atoms with Crippen LogP contribution in [0.15, 0.2) is 73.4 Å².